The molecule has 0 saturated heterocycles. The molecule has 0 saturated carbocycles. The predicted octanol–water partition coefficient (Wildman–Crippen LogP) is 2.14. The molecule has 0 aliphatic heterocycles. The van der Waals surface area contributed by atoms with E-state index < -0.39 is 11.8 Å². The Balaban J connectivity index is 1.98. The first-order chi connectivity index (χ1) is 11.5. The van der Waals surface area contributed by atoms with Gasteiger partial charge in [0.05, 0.1) is 19.0 Å². The molecular weight excluding hydrogens is 334 g/mol. The van der Waals surface area contributed by atoms with E-state index in [1.54, 1.807) is 24.3 Å². The maximum atomic E-state index is 11.8. The Morgan fingerprint density at radius 3 is 2.71 bits per heavy atom. The summed E-state index contributed by atoms with van der Waals surface area (Å²) in [5.41, 5.74) is 2.72. The van der Waals surface area contributed by atoms with E-state index in [9.17, 15) is 14.7 Å². The van der Waals surface area contributed by atoms with Crippen LogP contribution < -0.4 is 15.5 Å². The van der Waals surface area contributed by atoms with Crippen LogP contribution in [0.25, 0.3) is 0 Å². The van der Waals surface area contributed by atoms with Crippen LogP contribution in [0.15, 0.2) is 47.6 Å². The SMILES string of the molecule is COc1ccccc1NC(=O)C(=O)N/N=C\c1cc(Cl)ccc1O. The molecule has 0 radical (unpaired) electrons. The highest BCUT2D eigenvalue weighted by Crippen LogP contribution is 2.22. The molecule has 0 aliphatic rings. The molecule has 2 amide bonds. The lowest BCUT2D eigenvalue weighted by Crippen LogP contribution is -2.32. The number of nitrogens with one attached hydrogen (secondary N) is 2. The molecule has 8 heteroatoms. The maximum Gasteiger partial charge on any atom is 0.329 e. The standard InChI is InChI=1S/C16H14ClN3O4/c1-24-14-5-3-2-4-12(14)19-15(22)16(23)20-18-9-10-8-11(17)6-7-13(10)21/h2-9,21H,1H3,(H,19,22)(H,20,23)/b18-9-. The molecular formula is C16H14ClN3O4. The smallest absolute Gasteiger partial charge is 0.329 e. The van der Waals surface area contributed by atoms with E-state index in [1.165, 1.54) is 31.5 Å². The van der Waals surface area contributed by atoms with Gasteiger partial charge in [-0.2, -0.15) is 5.10 Å². The van der Waals surface area contributed by atoms with Crippen LogP contribution in [0.5, 0.6) is 11.5 Å². The first-order valence-electron chi connectivity index (χ1n) is 6.77. The van der Waals surface area contributed by atoms with Crippen LogP contribution in [0.4, 0.5) is 5.69 Å². The average Bonchev–Trinajstić information content (AvgIpc) is 2.58. The van der Waals surface area contributed by atoms with Crippen LogP contribution in [0, 0.1) is 0 Å². The number of amides is 2. The van der Waals surface area contributed by atoms with Gasteiger partial charge >= 0.3 is 11.8 Å². The molecule has 0 heterocycles. The van der Waals surface area contributed by atoms with Crippen molar-refractivity contribution in [1.29, 1.82) is 0 Å². The van der Waals surface area contributed by atoms with Crippen LogP contribution in [0.3, 0.4) is 0 Å². The largest absolute Gasteiger partial charge is 0.507 e. The predicted molar refractivity (Wildman–Crippen MR) is 90.5 cm³/mol. The van der Waals surface area contributed by atoms with E-state index in [1.807, 2.05) is 0 Å². The molecule has 0 fully saturated rings. The second kappa shape index (κ2) is 7.98. The van der Waals surface area contributed by atoms with Gasteiger partial charge in [0.2, 0.25) is 0 Å². The van der Waals surface area contributed by atoms with Crippen molar-refractivity contribution in [2.75, 3.05) is 12.4 Å². The topological polar surface area (TPSA) is 100 Å². The van der Waals surface area contributed by atoms with Crippen molar-refractivity contribution in [3.63, 3.8) is 0 Å². The van der Waals surface area contributed by atoms with Gasteiger partial charge in [0.1, 0.15) is 11.5 Å². The highest BCUT2D eigenvalue weighted by atomic mass is 35.5. The van der Waals surface area contributed by atoms with E-state index in [0.717, 1.165) is 0 Å². The Hall–Kier alpha value is -3.06. The fourth-order valence-electron chi connectivity index (χ4n) is 1.77. The van der Waals surface area contributed by atoms with Gasteiger partial charge in [-0.1, -0.05) is 23.7 Å². The Labute approximate surface area is 142 Å². The Kier molecular flexibility index (Phi) is 5.75. The number of carbonyl (C=O) groups excluding carboxylic acids is 2. The van der Waals surface area contributed by atoms with E-state index in [-0.39, 0.29) is 5.75 Å². The molecule has 2 aromatic carbocycles. The molecule has 0 atom stereocenters. The average molecular weight is 348 g/mol. The normalized spacial score (nSPS) is 10.4. The van der Waals surface area contributed by atoms with Gasteiger partial charge in [0, 0.05) is 10.6 Å². The summed E-state index contributed by atoms with van der Waals surface area (Å²) in [6.45, 7) is 0. The number of phenols is 1. The zero-order chi connectivity index (χ0) is 17.5. The second-order valence-corrected chi connectivity index (χ2v) is 4.99. The van der Waals surface area contributed by atoms with Gasteiger partial charge in [-0.15, -0.1) is 0 Å². The highest BCUT2D eigenvalue weighted by Gasteiger charge is 2.14. The molecule has 124 valence electrons. The number of phenolic OH excluding ortho intramolecular Hbond substituents is 1. The summed E-state index contributed by atoms with van der Waals surface area (Å²) in [5.74, 6) is -1.52. The Morgan fingerprint density at radius 2 is 1.96 bits per heavy atom. The van der Waals surface area contributed by atoms with Crippen molar-refractivity contribution >= 4 is 35.3 Å². The zero-order valence-electron chi connectivity index (χ0n) is 12.6. The molecule has 0 aliphatic carbocycles. The lowest BCUT2D eigenvalue weighted by molar-refractivity contribution is -0.136. The van der Waals surface area contributed by atoms with Crippen molar-refractivity contribution in [2.24, 2.45) is 5.10 Å². The number of hydrazone groups is 1. The van der Waals surface area contributed by atoms with Crippen LogP contribution >= 0.6 is 11.6 Å². The third-order valence-corrected chi connectivity index (χ3v) is 3.16. The number of methoxy groups -OCH3 is 1. The number of carbonyl (C=O) groups is 2. The van der Waals surface area contributed by atoms with Crippen molar-refractivity contribution in [3.05, 3.63) is 53.1 Å². The highest BCUT2D eigenvalue weighted by molar-refractivity contribution is 6.39. The molecule has 2 aromatic rings. The number of nitrogens with zero attached hydrogens (tertiary/aromatic N) is 1. The third kappa shape index (κ3) is 4.47. The summed E-state index contributed by atoms with van der Waals surface area (Å²) in [6, 6.07) is 11.0. The minimum Gasteiger partial charge on any atom is -0.507 e. The van der Waals surface area contributed by atoms with Crippen LogP contribution in [-0.2, 0) is 9.59 Å². The number of anilines is 1. The van der Waals surface area contributed by atoms with E-state index in [4.69, 9.17) is 16.3 Å². The minimum absolute atomic E-state index is 0.0594. The van der Waals surface area contributed by atoms with E-state index in [0.29, 0.717) is 22.0 Å². The fourth-order valence-corrected chi connectivity index (χ4v) is 1.95. The summed E-state index contributed by atoms with van der Waals surface area (Å²) in [4.78, 5) is 23.5. The summed E-state index contributed by atoms with van der Waals surface area (Å²) in [7, 11) is 1.45. The minimum atomic E-state index is -0.973. The van der Waals surface area contributed by atoms with Crippen molar-refractivity contribution < 1.29 is 19.4 Å². The Bertz CT molecular complexity index is 793. The summed E-state index contributed by atoms with van der Waals surface area (Å²) < 4.78 is 5.07. The van der Waals surface area contributed by atoms with Gasteiger partial charge in [-0.05, 0) is 30.3 Å². The van der Waals surface area contributed by atoms with Gasteiger partial charge in [-0.25, -0.2) is 5.43 Å². The number of hydrogen-bond donors (Lipinski definition) is 3. The molecule has 0 spiro atoms. The Morgan fingerprint density at radius 1 is 1.21 bits per heavy atom. The number of aromatic hydroxyl groups is 1. The zero-order valence-corrected chi connectivity index (χ0v) is 13.4. The lowest BCUT2D eigenvalue weighted by atomic mass is 10.2. The fraction of sp³-hybridized carbons (Fsp3) is 0.0625. The van der Waals surface area contributed by atoms with Gasteiger partial charge in [0.25, 0.3) is 0 Å². The van der Waals surface area contributed by atoms with Crippen LogP contribution in [0.2, 0.25) is 5.02 Å². The first kappa shape index (κ1) is 17.3. The summed E-state index contributed by atoms with van der Waals surface area (Å²) in [5, 5.41) is 16.0. The molecule has 0 unspecified atom stereocenters. The summed E-state index contributed by atoms with van der Waals surface area (Å²) in [6.07, 6.45) is 1.18. The number of hydrogen-bond acceptors (Lipinski definition) is 5. The van der Waals surface area contributed by atoms with Gasteiger partial charge in [0.15, 0.2) is 0 Å². The second-order valence-electron chi connectivity index (χ2n) is 4.56. The maximum absolute atomic E-state index is 11.8. The third-order valence-electron chi connectivity index (χ3n) is 2.92. The van der Waals surface area contributed by atoms with Gasteiger partial charge < -0.3 is 15.2 Å². The molecule has 24 heavy (non-hydrogen) atoms. The summed E-state index contributed by atoms with van der Waals surface area (Å²) >= 11 is 5.79. The van der Waals surface area contributed by atoms with Crippen molar-refractivity contribution in [1.82, 2.24) is 5.43 Å². The monoisotopic (exact) mass is 347 g/mol. The molecule has 7 nitrogen and oxygen atoms in total. The molecule has 2 rings (SSSR count). The van der Waals surface area contributed by atoms with Crippen molar-refractivity contribution in [2.45, 2.75) is 0 Å². The molecule has 3 N–H and O–H groups in total. The molecule has 0 bridgehead atoms. The number of para-hydroxylation sites is 2. The number of ether oxygens (including phenoxy) is 1. The van der Waals surface area contributed by atoms with Crippen molar-refractivity contribution in [3.8, 4) is 11.5 Å². The number of rotatable bonds is 4. The molecule has 0 aromatic heterocycles. The van der Waals surface area contributed by atoms with E-state index in [2.05, 4.69) is 15.8 Å². The van der Waals surface area contributed by atoms with Crippen LogP contribution in [0.1, 0.15) is 5.56 Å². The number of benzene rings is 2. The quantitative estimate of drug-likeness (QED) is 0.448. The van der Waals surface area contributed by atoms with Gasteiger partial charge in [-0.3, -0.25) is 9.59 Å². The van der Waals surface area contributed by atoms with E-state index >= 15 is 0 Å². The number of halogens is 1. The first-order valence-corrected chi connectivity index (χ1v) is 7.15. The van der Waals surface area contributed by atoms with Crippen LogP contribution in [-0.4, -0.2) is 30.2 Å². The lowest BCUT2D eigenvalue weighted by Gasteiger charge is -2.08.